The lowest BCUT2D eigenvalue weighted by atomic mass is 9.77. The zero-order valence-electron chi connectivity index (χ0n) is 19.4. The summed E-state index contributed by atoms with van der Waals surface area (Å²) in [6, 6.07) is 25.2. The molecule has 6 heteroatoms. The van der Waals surface area contributed by atoms with Crippen LogP contribution in [0.4, 0.5) is 4.39 Å². The summed E-state index contributed by atoms with van der Waals surface area (Å²) in [7, 11) is 0. The molecule has 1 saturated heterocycles. The Kier molecular flexibility index (Phi) is 6.44. The minimum absolute atomic E-state index is 0.0831. The summed E-state index contributed by atoms with van der Waals surface area (Å²) in [5.41, 5.74) is 4.74. The van der Waals surface area contributed by atoms with E-state index in [2.05, 4.69) is 5.32 Å². The largest absolute Gasteiger partial charge is 0.508 e. The molecule has 1 aliphatic heterocycles. The van der Waals surface area contributed by atoms with Crippen LogP contribution >= 0.6 is 0 Å². The maximum absolute atomic E-state index is 13.2. The minimum Gasteiger partial charge on any atom is -0.508 e. The van der Waals surface area contributed by atoms with Gasteiger partial charge >= 0.3 is 0 Å². The van der Waals surface area contributed by atoms with E-state index < -0.39 is 12.0 Å². The maximum atomic E-state index is 13.2. The van der Waals surface area contributed by atoms with Crippen LogP contribution in [0, 0.1) is 5.82 Å². The average molecular weight is 484 g/mol. The van der Waals surface area contributed by atoms with Crippen molar-refractivity contribution in [2.75, 3.05) is 0 Å². The maximum Gasteiger partial charge on any atom is 0.230 e. The van der Waals surface area contributed by atoms with Gasteiger partial charge in [0.2, 0.25) is 5.91 Å². The first-order chi connectivity index (χ1) is 17.4. The van der Waals surface area contributed by atoms with E-state index in [4.69, 9.17) is 0 Å². The van der Waals surface area contributed by atoms with Gasteiger partial charge in [0.25, 0.3) is 0 Å². The fourth-order valence-corrected chi connectivity index (χ4v) is 4.81. The molecule has 0 aromatic heterocycles. The number of aromatic hydroxyl groups is 2. The molecule has 3 atom stereocenters. The highest BCUT2D eigenvalue weighted by molar-refractivity contribution is 5.92. The SMILES string of the molecule is O=C1N[C@H](c2ccc(-c3ccc(O)cc3)cc2O)[C@H]1c1ccccc1CC[C@H](O)c1ccc(F)cc1. The molecule has 0 radical (unpaired) electrons. The molecule has 1 aliphatic rings. The molecule has 5 rings (SSSR count). The molecule has 0 saturated carbocycles. The second kappa shape index (κ2) is 9.84. The fraction of sp³-hybridized carbons (Fsp3) is 0.167. The van der Waals surface area contributed by atoms with Gasteiger partial charge in [-0.25, -0.2) is 4.39 Å². The Morgan fingerprint density at radius 1 is 0.833 bits per heavy atom. The van der Waals surface area contributed by atoms with Gasteiger partial charge in [-0.15, -0.1) is 0 Å². The number of carbonyl (C=O) groups is 1. The summed E-state index contributed by atoms with van der Waals surface area (Å²) in [5, 5.41) is 33.8. The van der Waals surface area contributed by atoms with Gasteiger partial charge < -0.3 is 20.6 Å². The fourth-order valence-electron chi connectivity index (χ4n) is 4.81. The molecule has 182 valence electrons. The molecule has 4 aromatic carbocycles. The zero-order valence-corrected chi connectivity index (χ0v) is 19.4. The highest BCUT2D eigenvalue weighted by Crippen LogP contribution is 2.44. The number of β-lactam (4-membered cyclic amide) rings is 1. The molecule has 5 nitrogen and oxygen atoms in total. The Balaban J connectivity index is 1.36. The van der Waals surface area contributed by atoms with E-state index in [1.165, 1.54) is 12.1 Å². The Morgan fingerprint density at radius 3 is 2.22 bits per heavy atom. The summed E-state index contributed by atoms with van der Waals surface area (Å²) in [5.74, 6) is -0.677. The topological polar surface area (TPSA) is 89.8 Å². The van der Waals surface area contributed by atoms with Crippen LogP contribution in [0.3, 0.4) is 0 Å². The van der Waals surface area contributed by atoms with E-state index in [0.717, 1.165) is 22.3 Å². The van der Waals surface area contributed by atoms with Gasteiger partial charge in [0.05, 0.1) is 18.1 Å². The third-order valence-corrected chi connectivity index (χ3v) is 6.81. The molecule has 1 fully saturated rings. The lowest BCUT2D eigenvalue weighted by molar-refractivity contribution is -0.131. The van der Waals surface area contributed by atoms with E-state index in [1.54, 1.807) is 42.5 Å². The molecule has 4 aromatic rings. The predicted octanol–water partition coefficient (Wildman–Crippen LogP) is 5.52. The average Bonchev–Trinajstić information content (AvgIpc) is 2.87. The van der Waals surface area contributed by atoms with Crippen LogP contribution in [-0.4, -0.2) is 21.2 Å². The molecule has 0 bridgehead atoms. The number of hydrogen-bond acceptors (Lipinski definition) is 4. The second-order valence-corrected chi connectivity index (χ2v) is 9.09. The Bertz CT molecular complexity index is 1390. The Hall–Kier alpha value is -4.16. The predicted molar refractivity (Wildman–Crippen MR) is 135 cm³/mol. The third kappa shape index (κ3) is 4.68. The van der Waals surface area contributed by atoms with E-state index >= 15 is 0 Å². The van der Waals surface area contributed by atoms with Gasteiger partial charge in [-0.1, -0.05) is 60.7 Å². The van der Waals surface area contributed by atoms with E-state index in [0.29, 0.717) is 24.0 Å². The number of rotatable bonds is 7. The molecule has 1 amide bonds. The van der Waals surface area contributed by atoms with Crippen molar-refractivity contribution in [3.8, 4) is 22.6 Å². The lowest BCUT2D eigenvalue weighted by Crippen LogP contribution is -2.50. The molecule has 0 unspecified atom stereocenters. The van der Waals surface area contributed by atoms with Gasteiger partial charge in [0, 0.05) is 5.56 Å². The number of hydrogen-bond donors (Lipinski definition) is 4. The van der Waals surface area contributed by atoms with Crippen LogP contribution in [-0.2, 0) is 11.2 Å². The molecule has 1 heterocycles. The summed E-state index contributed by atoms with van der Waals surface area (Å²) in [6.07, 6.45) is 0.215. The van der Waals surface area contributed by atoms with Crippen LogP contribution in [0.5, 0.6) is 11.5 Å². The number of amides is 1. The van der Waals surface area contributed by atoms with Crippen molar-refractivity contribution in [1.29, 1.82) is 0 Å². The van der Waals surface area contributed by atoms with Crippen LogP contribution < -0.4 is 5.32 Å². The van der Waals surface area contributed by atoms with Crippen molar-refractivity contribution in [3.05, 3.63) is 119 Å². The van der Waals surface area contributed by atoms with Crippen molar-refractivity contribution in [1.82, 2.24) is 5.32 Å². The quantitative estimate of drug-likeness (QED) is 0.261. The standard InChI is InChI=1S/C30H26FNO4/c31-22-11-5-20(6-12-22)26(34)16-10-19-3-1-2-4-24(19)28-29(32-30(28)36)25-15-9-21(17-27(25)35)18-7-13-23(33)14-8-18/h1-9,11-15,17,26,28-29,33-35H,10,16H2,(H,32,36)/t26-,28+,29+/m0/s1. The first kappa shape index (κ1) is 23.6. The lowest BCUT2D eigenvalue weighted by Gasteiger charge is -2.38. The van der Waals surface area contributed by atoms with E-state index in [9.17, 15) is 24.5 Å². The van der Waals surface area contributed by atoms with Crippen LogP contribution in [0.25, 0.3) is 11.1 Å². The highest BCUT2D eigenvalue weighted by Gasteiger charge is 2.43. The van der Waals surface area contributed by atoms with Crippen molar-refractivity contribution in [3.63, 3.8) is 0 Å². The zero-order chi connectivity index (χ0) is 25.2. The summed E-state index contributed by atoms with van der Waals surface area (Å²) < 4.78 is 13.2. The first-order valence-corrected chi connectivity index (χ1v) is 11.8. The number of benzene rings is 4. The van der Waals surface area contributed by atoms with Crippen LogP contribution in [0.2, 0.25) is 0 Å². The number of aliphatic hydroxyl groups excluding tert-OH is 1. The molecule has 4 N–H and O–H groups in total. The molecule has 36 heavy (non-hydrogen) atoms. The number of phenolic OH excluding ortho intramolecular Hbond substituents is 2. The summed E-state index contributed by atoms with van der Waals surface area (Å²) >= 11 is 0. The van der Waals surface area contributed by atoms with Gasteiger partial charge in [0.15, 0.2) is 0 Å². The first-order valence-electron chi connectivity index (χ1n) is 11.8. The van der Waals surface area contributed by atoms with Gasteiger partial charge in [-0.2, -0.15) is 0 Å². The number of carbonyl (C=O) groups excluding carboxylic acids is 1. The summed E-state index contributed by atoms with van der Waals surface area (Å²) in [4.78, 5) is 12.7. The number of aliphatic hydroxyl groups is 1. The van der Waals surface area contributed by atoms with Crippen LogP contribution in [0.15, 0.2) is 91.0 Å². The molecular formula is C30H26FNO4. The number of halogens is 1. The van der Waals surface area contributed by atoms with Gasteiger partial charge in [-0.05, 0) is 71.0 Å². The third-order valence-electron chi connectivity index (χ3n) is 6.81. The smallest absolute Gasteiger partial charge is 0.230 e. The summed E-state index contributed by atoms with van der Waals surface area (Å²) in [6.45, 7) is 0. The number of aryl methyl sites for hydroxylation is 1. The Labute approximate surface area is 208 Å². The molecular weight excluding hydrogens is 457 g/mol. The van der Waals surface area contributed by atoms with Crippen molar-refractivity contribution < 1.29 is 24.5 Å². The monoisotopic (exact) mass is 483 g/mol. The number of phenols is 2. The Morgan fingerprint density at radius 2 is 1.53 bits per heavy atom. The van der Waals surface area contributed by atoms with Gasteiger partial charge in [-0.3, -0.25) is 4.79 Å². The van der Waals surface area contributed by atoms with E-state index in [1.807, 2.05) is 36.4 Å². The molecule has 0 aliphatic carbocycles. The minimum atomic E-state index is -0.749. The molecule has 0 spiro atoms. The highest BCUT2D eigenvalue weighted by atomic mass is 19.1. The van der Waals surface area contributed by atoms with Crippen molar-refractivity contribution in [2.24, 2.45) is 0 Å². The number of nitrogens with one attached hydrogen (secondary N) is 1. The van der Waals surface area contributed by atoms with Crippen molar-refractivity contribution >= 4 is 5.91 Å². The van der Waals surface area contributed by atoms with Crippen molar-refractivity contribution in [2.45, 2.75) is 30.9 Å². The van der Waals surface area contributed by atoms with Crippen LogP contribution in [0.1, 0.15) is 46.7 Å². The second-order valence-electron chi connectivity index (χ2n) is 9.09. The van der Waals surface area contributed by atoms with Gasteiger partial charge in [0.1, 0.15) is 17.3 Å². The van der Waals surface area contributed by atoms with E-state index in [-0.39, 0.29) is 29.3 Å². The normalized spacial score (nSPS) is 17.8.